The molecule has 0 aliphatic rings. The van der Waals surface area contributed by atoms with E-state index in [9.17, 15) is 0 Å². The van der Waals surface area contributed by atoms with Crippen LogP contribution in [0.5, 0.6) is 0 Å². The molecule has 0 aliphatic carbocycles. The summed E-state index contributed by atoms with van der Waals surface area (Å²) in [7, 11) is 0. The summed E-state index contributed by atoms with van der Waals surface area (Å²) in [6, 6.07) is 15.7. The van der Waals surface area contributed by atoms with Crippen LogP contribution in [0.1, 0.15) is 22.5 Å². The van der Waals surface area contributed by atoms with Crippen molar-refractivity contribution in [1.29, 1.82) is 5.26 Å². The minimum Gasteiger partial charge on any atom is -0.330 e. The second kappa shape index (κ2) is 6.99. The molecular weight excluding hydrogens is 374 g/mol. The van der Waals surface area contributed by atoms with Crippen LogP contribution in [-0.4, -0.2) is 9.55 Å². The van der Waals surface area contributed by atoms with Crippen LogP contribution in [0, 0.1) is 11.3 Å². The van der Waals surface area contributed by atoms with Gasteiger partial charge in [0.2, 0.25) is 0 Å². The molecule has 0 N–H and O–H groups in total. The zero-order chi connectivity index (χ0) is 16.2. The van der Waals surface area contributed by atoms with Gasteiger partial charge >= 0.3 is 0 Å². The van der Waals surface area contributed by atoms with Crippen LogP contribution in [0.3, 0.4) is 0 Å². The van der Waals surface area contributed by atoms with E-state index in [4.69, 9.17) is 16.9 Å². The SMILES string of the molecule is N#Cc1ccc(Cn2ccnc2Cc2ccc(Cl)c(Br)c2)cc1. The van der Waals surface area contributed by atoms with E-state index in [1.54, 1.807) is 0 Å². The number of imidazole rings is 1. The van der Waals surface area contributed by atoms with E-state index in [1.165, 1.54) is 0 Å². The number of halogens is 2. The lowest BCUT2D eigenvalue weighted by Gasteiger charge is -2.09. The van der Waals surface area contributed by atoms with Crippen LogP contribution in [0.2, 0.25) is 5.02 Å². The molecule has 0 saturated carbocycles. The smallest absolute Gasteiger partial charge is 0.113 e. The molecule has 114 valence electrons. The lowest BCUT2D eigenvalue weighted by Crippen LogP contribution is -2.05. The summed E-state index contributed by atoms with van der Waals surface area (Å²) in [4.78, 5) is 4.46. The van der Waals surface area contributed by atoms with Gasteiger partial charge in [-0.25, -0.2) is 4.98 Å². The molecule has 0 radical (unpaired) electrons. The molecular formula is C18H13BrClN3. The molecule has 0 spiro atoms. The average Bonchev–Trinajstić information content (AvgIpc) is 2.98. The lowest BCUT2D eigenvalue weighted by molar-refractivity contribution is 0.740. The van der Waals surface area contributed by atoms with E-state index in [-0.39, 0.29) is 0 Å². The Bertz CT molecular complexity index is 863. The van der Waals surface area contributed by atoms with E-state index in [1.807, 2.05) is 54.9 Å². The minimum atomic E-state index is 0.672. The van der Waals surface area contributed by atoms with Crippen molar-refractivity contribution in [3.05, 3.63) is 86.9 Å². The number of nitriles is 1. The molecule has 5 heteroatoms. The number of aromatic nitrogens is 2. The highest BCUT2D eigenvalue weighted by atomic mass is 79.9. The van der Waals surface area contributed by atoms with E-state index in [0.717, 1.165) is 34.4 Å². The summed E-state index contributed by atoms with van der Waals surface area (Å²) in [6.07, 6.45) is 4.52. The largest absolute Gasteiger partial charge is 0.330 e. The summed E-state index contributed by atoms with van der Waals surface area (Å²) in [5.41, 5.74) is 2.96. The van der Waals surface area contributed by atoms with Crippen LogP contribution in [0.4, 0.5) is 0 Å². The van der Waals surface area contributed by atoms with Gasteiger partial charge < -0.3 is 4.57 Å². The van der Waals surface area contributed by atoms with Crippen molar-refractivity contribution in [3.8, 4) is 6.07 Å². The second-order valence-corrected chi connectivity index (χ2v) is 6.47. The van der Waals surface area contributed by atoms with Gasteiger partial charge in [0.1, 0.15) is 5.82 Å². The maximum Gasteiger partial charge on any atom is 0.113 e. The van der Waals surface area contributed by atoms with Crippen molar-refractivity contribution < 1.29 is 0 Å². The molecule has 1 heterocycles. The van der Waals surface area contributed by atoms with Crippen LogP contribution < -0.4 is 0 Å². The Morgan fingerprint density at radius 3 is 2.57 bits per heavy atom. The molecule has 0 aliphatic heterocycles. The number of benzene rings is 2. The summed E-state index contributed by atoms with van der Waals surface area (Å²) in [6.45, 7) is 0.732. The highest BCUT2D eigenvalue weighted by Gasteiger charge is 2.07. The van der Waals surface area contributed by atoms with Gasteiger partial charge in [-0.3, -0.25) is 0 Å². The van der Waals surface area contributed by atoms with Gasteiger partial charge in [-0.15, -0.1) is 0 Å². The number of hydrogen-bond acceptors (Lipinski definition) is 2. The first kappa shape index (κ1) is 15.8. The standard InChI is InChI=1S/C18H13BrClN3/c19-16-9-15(5-6-17(16)20)10-18-22-7-8-23(18)12-14-3-1-13(11-21)2-4-14/h1-9H,10,12H2. The molecule has 1 aromatic heterocycles. The predicted molar refractivity (Wildman–Crippen MR) is 94.4 cm³/mol. The Kier molecular flexibility index (Phi) is 4.80. The van der Waals surface area contributed by atoms with Gasteiger partial charge in [0, 0.05) is 29.8 Å². The molecule has 3 nitrogen and oxygen atoms in total. The quantitative estimate of drug-likeness (QED) is 0.645. The van der Waals surface area contributed by atoms with Gasteiger partial charge in [-0.1, -0.05) is 29.8 Å². The summed E-state index contributed by atoms with van der Waals surface area (Å²) >= 11 is 9.49. The van der Waals surface area contributed by atoms with Crippen LogP contribution in [0.25, 0.3) is 0 Å². The van der Waals surface area contributed by atoms with Crippen molar-refractivity contribution in [2.75, 3.05) is 0 Å². The first-order valence-electron chi connectivity index (χ1n) is 7.08. The first-order valence-corrected chi connectivity index (χ1v) is 8.26. The molecule has 0 unspecified atom stereocenters. The lowest BCUT2D eigenvalue weighted by atomic mass is 10.1. The molecule has 0 saturated heterocycles. The molecule has 3 rings (SSSR count). The van der Waals surface area contributed by atoms with Gasteiger partial charge in [-0.05, 0) is 51.3 Å². The highest BCUT2D eigenvalue weighted by Crippen LogP contribution is 2.24. The number of hydrogen-bond donors (Lipinski definition) is 0. The zero-order valence-corrected chi connectivity index (χ0v) is 14.5. The maximum absolute atomic E-state index is 8.86. The van der Waals surface area contributed by atoms with E-state index >= 15 is 0 Å². The summed E-state index contributed by atoms with van der Waals surface area (Å²) < 4.78 is 3.01. The fourth-order valence-electron chi connectivity index (χ4n) is 2.36. The van der Waals surface area contributed by atoms with Crippen molar-refractivity contribution in [1.82, 2.24) is 9.55 Å². The normalized spacial score (nSPS) is 10.5. The summed E-state index contributed by atoms with van der Waals surface area (Å²) in [5, 5.41) is 9.56. The maximum atomic E-state index is 8.86. The molecule has 0 fully saturated rings. The monoisotopic (exact) mass is 385 g/mol. The topological polar surface area (TPSA) is 41.6 Å². The first-order chi connectivity index (χ1) is 11.2. The summed E-state index contributed by atoms with van der Waals surface area (Å²) in [5.74, 6) is 0.989. The van der Waals surface area contributed by atoms with Crippen molar-refractivity contribution in [3.63, 3.8) is 0 Å². The fourth-order valence-corrected chi connectivity index (χ4v) is 2.91. The second-order valence-electron chi connectivity index (χ2n) is 5.21. The van der Waals surface area contributed by atoms with Crippen molar-refractivity contribution in [2.24, 2.45) is 0 Å². The highest BCUT2D eigenvalue weighted by molar-refractivity contribution is 9.10. The predicted octanol–water partition coefficient (Wildman–Crippen LogP) is 4.81. The number of nitrogens with zero attached hydrogens (tertiary/aromatic N) is 3. The minimum absolute atomic E-state index is 0.672. The van der Waals surface area contributed by atoms with Gasteiger partial charge in [-0.2, -0.15) is 5.26 Å². The third-order valence-corrected chi connectivity index (χ3v) is 4.80. The number of rotatable bonds is 4. The zero-order valence-electron chi connectivity index (χ0n) is 12.2. The molecule has 0 atom stereocenters. The van der Waals surface area contributed by atoms with E-state index in [2.05, 4.69) is 31.6 Å². The molecule has 2 aromatic carbocycles. The average molecular weight is 387 g/mol. The Hall–Kier alpha value is -2.09. The third kappa shape index (κ3) is 3.82. The van der Waals surface area contributed by atoms with Crippen LogP contribution in [0.15, 0.2) is 59.3 Å². The fraction of sp³-hybridized carbons (Fsp3) is 0.111. The third-order valence-electron chi connectivity index (χ3n) is 3.58. The van der Waals surface area contributed by atoms with E-state index < -0.39 is 0 Å². The molecule has 23 heavy (non-hydrogen) atoms. The Balaban J connectivity index is 1.78. The van der Waals surface area contributed by atoms with Crippen LogP contribution >= 0.6 is 27.5 Å². The van der Waals surface area contributed by atoms with Gasteiger partial charge in [0.25, 0.3) is 0 Å². The van der Waals surface area contributed by atoms with Gasteiger partial charge in [0.15, 0.2) is 0 Å². The molecule has 3 aromatic rings. The van der Waals surface area contributed by atoms with E-state index in [0.29, 0.717) is 10.6 Å². The van der Waals surface area contributed by atoms with Gasteiger partial charge in [0.05, 0.1) is 16.7 Å². The van der Waals surface area contributed by atoms with Crippen molar-refractivity contribution >= 4 is 27.5 Å². The Morgan fingerprint density at radius 2 is 1.87 bits per heavy atom. The Labute approximate surface area is 148 Å². The molecule has 0 bridgehead atoms. The van der Waals surface area contributed by atoms with Crippen LogP contribution in [-0.2, 0) is 13.0 Å². The Morgan fingerprint density at radius 1 is 1.13 bits per heavy atom. The van der Waals surface area contributed by atoms with Crippen molar-refractivity contribution in [2.45, 2.75) is 13.0 Å². The molecule has 0 amide bonds.